The molecule has 3 N–H and O–H groups in total. The van der Waals surface area contributed by atoms with Gasteiger partial charge in [-0.25, -0.2) is 9.18 Å². The van der Waals surface area contributed by atoms with Crippen LogP contribution in [-0.2, 0) is 16.8 Å². The molecule has 1 aromatic carbocycles. The molecule has 3 rings (SSSR count). The molecule has 24 heavy (non-hydrogen) atoms. The van der Waals surface area contributed by atoms with Gasteiger partial charge in [0.05, 0.1) is 13.2 Å². The maximum Gasteiger partial charge on any atom is 0.411 e. The van der Waals surface area contributed by atoms with Crippen molar-refractivity contribution < 1.29 is 13.9 Å². The second kappa shape index (κ2) is 5.95. The van der Waals surface area contributed by atoms with Crippen LogP contribution < -0.4 is 11.1 Å². The number of hydrogen-bond donors (Lipinski definition) is 2. The first-order valence-corrected chi connectivity index (χ1v) is 7.54. The molecule has 1 amide bonds. The Morgan fingerprint density at radius 2 is 2.29 bits per heavy atom. The summed E-state index contributed by atoms with van der Waals surface area (Å²) in [5.74, 6) is -0.136. The molecular formula is C16H18FN5O2. The number of benzene rings is 1. The van der Waals surface area contributed by atoms with E-state index in [1.807, 2.05) is 0 Å². The Kier molecular flexibility index (Phi) is 3.96. The van der Waals surface area contributed by atoms with Gasteiger partial charge in [-0.3, -0.25) is 15.0 Å². The molecule has 7 nitrogen and oxygen atoms in total. The fraction of sp³-hybridized carbons (Fsp3) is 0.312. The van der Waals surface area contributed by atoms with Crippen LogP contribution in [-0.4, -0.2) is 28.3 Å². The van der Waals surface area contributed by atoms with Crippen LogP contribution in [0.3, 0.4) is 0 Å². The number of amides is 1. The van der Waals surface area contributed by atoms with E-state index in [9.17, 15) is 9.18 Å². The van der Waals surface area contributed by atoms with Gasteiger partial charge in [-0.15, -0.1) is 0 Å². The minimum absolute atomic E-state index is 0.250. The highest BCUT2D eigenvalue weighted by Crippen LogP contribution is 2.34. The second-order valence-electron chi connectivity index (χ2n) is 5.69. The van der Waals surface area contributed by atoms with Crippen LogP contribution in [0.15, 0.2) is 35.5 Å². The highest BCUT2D eigenvalue weighted by atomic mass is 19.1. The van der Waals surface area contributed by atoms with E-state index in [0.717, 1.165) is 0 Å². The number of nitrogens with zero attached hydrogens (tertiary/aromatic N) is 3. The zero-order valence-electron chi connectivity index (χ0n) is 13.4. The number of nitrogens with one attached hydrogen (secondary N) is 1. The number of amidine groups is 1. The van der Waals surface area contributed by atoms with E-state index in [-0.39, 0.29) is 6.61 Å². The largest absolute Gasteiger partial charge is 0.450 e. The summed E-state index contributed by atoms with van der Waals surface area (Å²) in [7, 11) is 0. The van der Waals surface area contributed by atoms with Crippen molar-refractivity contribution in [2.75, 3.05) is 11.9 Å². The zero-order valence-corrected chi connectivity index (χ0v) is 13.4. The molecule has 0 bridgehead atoms. The monoisotopic (exact) mass is 331 g/mol. The van der Waals surface area contributed by atoms with Crippen molar-refractivity contribution in [1.82, 2.24) is 9.78 Å². The van der Waals surface area contributed by atoms with Crippen LogP contribution >= 0.6 is 0 Å². The Bertz CT molecular complexity index is 817. The van der Waals surface area contributed by atoms with Gasteiger partial charge in [0.25, 0.3) is 0 Å². The lowest BCUT2D eigenvalue weighted by atomic mass is 9.90. The van der Waals surface area contributed by atoms with Crippen molar-refractivity contribution in [3.05, 3.63) is 47.5 Å². The molecule has 0 radical (unpaired) electrons. The zero-order chi connectivity index (χ0) is 17.3. The van der Waals surface area contributed by atoms with Gasteiger partial charge < -0.3 is 10.5 Å². The fourth-order valence-electron chi connectivity index (χ4n) is 2.77. The van der Waals surface area contributed by atoms with Gasteiger partial charge in [0.1, 0.15) is 22.9 Å². The quantitative estimate of drug-likeness (QED) is 0.901. The summed E-state index contributed by atoms with van der Waals surface area (Å²) in [4.78, 5) is 16.0. The van der Waals surface area contributed by atoms with Gasteiger partial charge in [0.2, 0.25) is 0 Å². The standard InChI is InChI=1S/C16H18FN5O2/c1-3-24-15(23)20-10-4-5-12(17)11(8-10)16(2)9-22-13(6-7-19-22)14(18)21-16/h4-8H,3,9H2,1-2H3,(H2,18,21)(H,20,23). The number of fused-ring (bicyclic) bond motifs is 1. The molecule has 2 aromatic rings. The predicted octanol–water partition coefficient (Wildman–Crippen LogP) is 2.22. The third-order valence-corrected chi connectivity index (χ3v) is 3.87. The highest BCUT2D eigenvalue weighted by Gasteiger charge is 2.35. The first kappa shape index (κ1) is 16.0. The number of nitrogens with two attached hydrogens (primary N) is 1. The number of rotatable bonds is 3. The van der Waals surface area contributed by atoms with Crippen molar-refractivity contribution in [3.63, 3.8) is 0 Å². The van der Waals surface area contributed by atoms with Crippen molar-refractivity contribution in [3.8, 4) is 0 Å². The molecule has 1 aromatic heterocycles. The van der Waals surface area contributed by atoms with Crippen molar-refractivity contribution in [1.29, 1.82) is 0 Å². The summed E-state index contributed by atoms with van der Waals surface area (Å²) in [6.07, 6.45) is 1.03. The van der Waals surface area contributed by atoms with Gasteiger partial charge in [-0.05, 0) is 38.1 Å². The Hall–Kier alpha value is -2.90. The molecule has 8 heteroatoms. The second-order valence-corrected chi connectivity index (χ2v) is 5.69. The fourth-order valence-corrected chi connectivity index (χ4v) is 2.77. The number of ether oxygens (including phenoxy) is 1. The third-order valence-electron chi connectivity index (χ3n) is 3.87. The van der Waals surface area contributed by atoms with E-state index in [2.05, 4.69) is 15.4 Å². The molecule has 0 saturated carbocycles. The lowest BCUT2D eigenvalue weighted by molar-refractivity contribution is 0.168. The molecule has 0 saturated heterocycles. The molecule has 1 aliphatic heterocycles. The van der Waals surface area contributed by atoms with Gasteiger partial charge in [-0.1, -0.05) is 0 Å². The number of carbonyl (C=O) groups is 1. The number of carbonyl (C=O) groups excluding carboxylic acids is 1. The number of halogens is 1. The summed E-state index contributed by atoms with van der Waals surface area (Å²) in [5.41, 5.74) is 6.50. The van der Waals surface area contributed by atoms with E-state index in [1.165, 1.54) is 18.2 Å². The number of anilines is 1. The summed E-state index contributed by atoms with van der Waals surface area (Å²) >= 11 is 0. The van der Waals surface area contributed by atoms with Crippen LogP contribution in [0.4, 0.5) is 14.9 Å². The molecule has 2 heterocycles. The minimum Gasteiger partial charge on any atom is -0.450 e. The Morgan fingerprint density at radius 1 is 1.50 bits per heavy atom. The first-order valence-electron chi connectivity index (χ1n) is 7.54. The summed E-state index contributed by atoms with van der Waals surface area (Å²) in [5, 5.41) is 6.76. The summed E-state index contributed by atoms with van der Waals surface area (Å²) < 4.78 is 21.0. The summed E-state index contributed by atoms with van der Waals surface area (Å²) in [6, 6.07) is 6.05. The van der Waals surface area contributed by atoms with Gasteiger partial charge >= 0.3 is 6.09 Å². The van der Waals surface area contributed by atoms with E-state index in [4.69, 9.17) is 10.5 Å². The maximum absolute atomic E-state index is 14.4. The molecule has 0 aliphatic carbocycles. The van der Waals surface area contributed by atoms with Gasteiger partial charge in [0.15, 0.2) is 0 Å². The lowest BCUT2D eigenvalue weighted by Gasteiger charge is -2.31. The average Bonchev–Trinajstić information content (AvgIpc) is 2.97. The molecule has 1 aliphatic rings. The summed E-state index contributed by atoms with van der Waals surface area (Å²) in [6.45, 7) is 4.07. The highest BCUT2D eigenvalue weighted by molar-refractivity contribution is 5.96. The molecule has 1 unspecified atom stereocenters. The molecular weight excluding hydrogens is 313 g/mol. The van der Waals surface area contributed by atoms with Crippen molar-refractivity contribution in [2.45, 2.75) is 25.9 Å². The van der Waals surface area contributed by atoms with E-state index >= 15 is 0 Å². The lowest BCUT2D eigenvalue weighted by Crippen LogP contribution is -2.37. The normalized spacial score (nSPS) is 19.4. The molecule has 0 fully saturated rings. The maximum atomic E-state index is 14.4. The first-order chi connectivity index (χ1) is 11.4. The Morgan fingerprint density at radius 3 is 3.04 bits per heavy atom. The van der Waals surface area contributed by atoms with Crippen LogP contribution in [0.25, 0.3) is 0 Å². The smallest absolute Gasteiger partial charge is 0.411 e. The molecule has 0 spiro atoms. The Balaban J connectivity index is 1.97. The van der Waals surface area contributed by atoms with Crippen LogP contribution in [0.2, 0.25) is 0 Å². The third kappa shape index (κ3) is 2.82. The van der Waals surface area contributed by atoms with Crippen molar-refractivity contribution >= 4 is 17.6 Å². The Labute approximate surface area is 138 Å². The predicted molar refractivity (Wildman–Crippen MR) is 87.3 cm³/mol. The van der Waals surface area contributed by atoms with Gasteiger partial charge in [0, 0.05) is 17.4 Å². The average molecular weight is 331 g/mol. The van der Waals surface area contributed by atoms with Crippen LogP contribution in [0.5, 0.6) is 0 Å². The number of aliphatic imine (C=N–C) groups is 1. The molecule has 126 valence electrons. The molecule has 1 atom stereocenters. The van der Waals surface area contributed by atoms with E-state index in [1.54, 1.807) is 30.8 Å². The van der Waals surface area contributed by atoms with Crippen LogP contribution in [0, 0.1) is 5.82 Å². The SMILES string of the molecule is CCOC(=O)Nc1ccc(F)c(C2(C)Cn3nccc3C(N)=N2)c1. The minimum atomic E-state index is -0.931. The van der Waals surface area contributed by atoms with E-state index < -0.39 is 17.4 Å². The van der Waals surface area contributed by atoms with Crippen LogP contribution in [0.1, 0.15) is 25.1 Å². The van der Waals surface area contributed by atoms with E-state index in [0.29, 0.717) is 29.3 Å². The van der Waals surface area contributed by atoms with Gasteiger partial charge in [-0.2, -0.15) is 5.10 Å². The number of aromatic nitrogens is 2. The topological polar surface area (TPSA) is 94.5 Å². The van der Waals surface area contributed by atoms with Crippen molar-refractivity contribution in [2.24, 2.45) is 10.7 Å². The number of hydrogen-bond acceptors (Lipinski definition) is 5.